The van der Waals surface area contributed by atoms with Gasteiger partial charge in [0.15, 0.2) is 5.78 Å². The fraction of sp³-hybridized carbons (Fsp3) is 0.738. The van der Waals surface area contributed by atoms with E-state index in [2.05, 4.69) is 0 Å². The SMILES string of the molecule is CCC(C)C(C(CC(=O)N1CCCC1C(OC)C(C)C(=O)C[C@@H](Cc1ccc(N)cc1)C(=O)O)OC)N(C)C(=O)[C@@H](CC(=O)C(C(C)C)N(C)C)C(C)C. The molecule has 1 aromatic rings. The first kappa shape index (κ1) is 46.8. The molecular weight excluding hydrogens is 688 g/mol. The molecule has 306 valence electrons. The van der Waals surface area contributed by atoms with Crippen LogP contribution in [0, 0.1) is 35.5 Å². The van der Waals surface area contributed by atoms with E-state index >= 15 is 0 Å². The number of aliphatic carboxylic acids is 1. The molecule has 2 rings (SSSR count). The second kappa shape index (κ2) is 21.7. The number of nitrogens with zero attached hydrogens (tertiary/aromatic N) is 3. The number of hydrogen-bond acceptors (Lipinski definition) is 9. The lowest BCUT2D eigenvalue weighted by atomic mass is 9.83. The summed E-state index contributed by atoms with van der Waals surface area (Å²) in [6, 6.07) is 5.84. The van der Waals surface area contributed by atoms with E-state index in [-0.39, 0.29) is 78.9 Å². The van der Waals surface area contributed by atoms with Gasteiger partial charge in [0.1, 0.15) is 5.78 Å². The van der Waals surface area contributed by atoms with Gasteiger partial charge in [0.25, 0.3) is 0 Å². The minimum atomic E-state index is -1.05. The molecule has 0 radical (unpaired) electrons. The predicted octanol–water partition coefficient (Wildman–Crippen LogP) is 5.21. The molecule has 1 aromatic carbocycles. The number of benzene rings is 1. The number of amides is 2. The second-order valence-corrected chi connectivity index (χ2v) is 16.4. The molecule has 54 heavy (non-hydrogen) atoms. The summed E-state index contributed by atoms with van der Waals surface area (Å²) in [6.45, 7) is 14.3. The van der Waals surface area contributed by atoms with E-state index in [1.165, 1.54) is 7.11 Å². The summed E-state index contributed by atoms with van der Waals surface area (Å²) in [7, 11) is 8.61. The molecule has 0 spiro atoms. The molecule has 0 aliphatic carbocycles. The molecule has 0 bridgehead atoms. The number of rotatable bonds is 23. The average molecular weight is 759 g/mol. The molecule has 3 N–H and O–H groups in total. The van der Waals surface area contributed by atoms with E-state index in [9.17, 15) is 29.1 Å². The fourth-order valence-corrected chi connectivity index (χ4v) is 8.42. The smallest absolute Gasteiger partial charge is 0.307 e. The maximum absolute atomic E-state index is 14.3. The highest BCUT2D eigenvalue weighted by atomic mass is 16.5. The van der Waals surface area contributed by atoms with E-state index in [4.69, 9.17) is 15.2 Å². The predicted molar refractivity (Wildman–Crippen MR) is 212 cm³/mol. The molecule has 1 heterocycles. The number of carboxylic acid groups (broad SMARTS) is 1. The first-order chi connectivity index (χ1) is 25.3. The Hall–Kier alpha value is -3.35. The maximum Gasteiger partial charge on any atom is 0.307 e. The summed E-state index contributed by atoms with van der Waals surface area (Å²) >= 11 is 0. The van der Waals surface area contributed by atoms with Gasteiger partial charge in [-0.1, -0.05) is 67.0 Å². The van der Waals surface area contributed by atoms with Gasteiger partial charge in [0.2, 0.25) is 11.8 Å². The van der Waals surface area contributed by atoms with Crippen LogP contribution in [0.15, 0.2) is 24.3 Å². The van der Waals surface area contributed by atoms with Crippen LogP contribution < -0.4 is 5.73 Å². The Bertz CT molecular complexity index is 1370. The Balaban J connectivity index is 2.27. The number of nitrogens with two attached hydrogens (primary N) is 1. The van der Waals surface area contributed by atoms with Gasteiger partial charge < -0.3 is 30.1 Å². The summed E-state index contributed by atoms with van der Waals surface area (Å²) < 4.78 is 11.9. The average Bonchev–Trinajstić information content (AvgIpc) is 3.59. The first-order valence-electron chi connectivity index (χ1n) is 19.7. The highest BCUT2D eigenvalue weighted by molar-refractivity contribution is 5.90. The number of anilines is 1. The van der Waals surface area contributed by atoms with Crippen molar-refractivity contribution < 1.29 is 38.6 Å². The van der Waals surface area contributed by atoms with Crippen molar-refractivity contribution in [3.8, 4) is 0 Å². The molecular formula is C42H70N4O8. The number of carbonyl (C=O) groups excluding carboxylic acids is 4. The van der Waals surface area contributed by atoms with E-state index in [0.29, 0.717) is 18.7 Å². The maximum atomic E-state index is 14.3. The van der Waals surface area contributed by atoms with Crippen molar-refractivity contribution in [3.05, 3.63) is 29.8 Å². The van der Waals surface area contributed by atoms with Gasteiger partial charge in [-0.25, -0.2) is 0 Å². The lowest BCUT2D eigenvalue weighted by molar-refractivity contribution is -0.149. The lowest BCUT2D eigenvalue weighted by Gasteiger charge is -2.41. The molecule has 12 nitrogen and oxygen atoms in total. The number of carboxylic acids is 1. The van der Waals surface area contributed by atoms with Crippen molar-refractivity contribution in [2.24, 2.45) is 35.5 Å². The number of ether oxygens (including phenoxy) is 2. The van der Waals surface area contributed by atoms with Gasteiger partial charge in [-0.3, -0.25) is 28.9 Å². The molecule has 1 fully saturated rings. The molecule has 12 heteroatoms. The van der Waals surface area contributed by atoms with Gasteiger partial charge in [0, 0.05) is 58.2 Å². The van der Waals surface area contributed by atoms with Gasteiger partial charge in [-0.2, -0.15) is 0 Å². The third kappa shape index (κ3) is 12.3. The molecule has 7 unspecified atom stereocenters. The molecule has 0 aromatic heterocycles. The second-order valence-electron chi connectivity index (χ2n) is 16.4. The van der Waals surface area contributed by atoms with Crippen molar-refractivity contribution in [2.75, 3.05) is 47.6 Å². The Kier molecular flexibility index (Phi) is 18.8. The number of hydrogen-bond donors (Lipinski definition) is 2. The summed E-state index contributed by atoms with van der Waals surface area (Å²) in [5.41, 5.74) is 7.14. The number of nitrogen functional groups attached to an aromatic ring is 1. The van der Waals surface area contributed by atoms with Crippen molar-refractivity contribution >= 4 is 35.0 Å². The van der Waals surface area contributed by atoms with Crippen LogP contribution >= 0.6 is 0 Å². The summed E-state index contributed by atoms with van der Waals surface area (Å²) in [5, 5.41) is 9.97. The zero-order valence-corrected chi connectivity index (χ0v) is 35.0. The highest BCUT2D eigenvalue weighted by Gasteiger charge is 2.43. The van der Waals surface area contributed by atoms with Crippen molar-refractivity contribution in [1.82, 2.24) is 14.7 Å². The number of likely N-dealkylation sites (N-methyl/N-ethyl adjacent to an activating group) is 2. The third-order valence-corrected chi connectivity index (χ3v) is 11.7. The third-order valence-electron chi connectivity index (χ3n) is 11.7. The van der Waals surface area contributed by atoms with Crippen LogP contribution in [-0.4, -0.2) is 121 Å². The van der Waals surface area contributed by atoms with Crippen LogP contribution in [0.25, 0.3) is 0 Å². The molecule has 2 amide bonds. The van der Waals surface area contributed by atoms with Crippen LogP contribution in [0.5, 0.6) is 0 Å². The Morgan fingerprint density at radius 2 is 1.50 bits per heavy atom. The number of methoxy groups -OCH3 is 2. The zero-order chi connectivity index (χ0) is 41.0. The van der Waals surface area contributed by atoms with Crippen molar-refractivity contribution in [1.29, 1.82) is 0 Å². The van der Waals surface area contributed by atoms with Crippen LogP contribution in [0.1, 0.15) is 92.6 Å². The molecule has 1 aliphatic rings. The monoisotopic (exact) mass is 759 g/mol. The summed E-state index contributed by atoms with van der Waals surface area (Å²) in [6.07, 6.45) is 1.02. The summed E-state index contributed by atoms with van der Waals surface area (Å²) in [4.78, 5) is 73.2. The van der Waals surface area contributed by atoms with Crippen LogP contribution in [-0.2, 0) is 39.9 Å². The molecule has 1 saturated heterocycles. The van der Waals surface area contributed by atoms with Gasteiger partial charge in [-0.15, -0.1) is 0 Å². The van der Waals surface area contributed by atoms with E-state index in [1.54, 1.807) is 55.1 Å². The number of carbonyl (C=O) groups is 5. The quantitative estimate of drug-likeness (QED) is 0.142. The van der Waals surface area contributed by atoms with E-state index in [0.717, 1.165) is 18.4 Å². The Morgan fingerprint density at radius 1 is 0.889 bits per heavy atom. The lowest BCUT2D eigenvalue weighted by Crippen LogP contribution is -2.54. The normalized spacial score (nSPS) is 19.2. The van der Waals surface area contributed by atoms with Crippen LogP contribution in [0.2, 0.25) is 0 Å². The Labute approximate surface area is 324 Å². The molecule has 9 atom stereocenters. The fourth-order valence-electron chi connectivity index (χ4n) is 8.42. The topological polar surface area (TPSA) is 160 Å². The summed E-state index contributed by atoms with van der Waals surface area (Å²) in [5.74, 6) is -3.65. The van der Waals surface area contributed by atoms with Crippen molar-refractivity contribution in [2.45, 2.75) is 124 Å². The van der Waals surface area contributed by atoms with Crippen molar-refractivity contribution in [3.63, 3.8) is 0 Å². The number of ketones is 2. The van der Waals surface area contributed by atoms with Crippen LogP contribution in [0.3, 0.4) is 0 Å². The number of likely N-dealkylation sites (tertiary alicyclic amines) is 1. The largest absolute Gasteiger partial charge is 0.481 e. The molecule has 0 saturated carbocycles. The van der Waals surface area contributed by atoms with E-state index in [1.807, 2.05) is 60.5 Å². The van der Waals surface area contributed by atoms with Crippen LogP contribution in [0.4, 0.5) is 5.69 Å². The van der Waals surface area contributed by atoms with Gasteiger partial charge in [0.05, 0.1) is 42.7 Å². The first-order valence-corrected chi connectivity index (χ1v) is 19.7. The minimum absolute atomic E-state index is 0.0143. The molecule has 1 aliphatic heterocycles. The minimum Gasteiger partial charge on any atom is -0.481 e. The van der Waals surface area contributed by atoms with Gasteiger partial charge >= 0.3 is 5.97 Å². The highest BCUT2D eigenvalue weighted by Crippen LogP contribution is 2.32. The van der Waals surface area contributed by atoms with Gasteiger partial charge in [-0.05, 0) is 68.8 Å². The Morgan fingerprint density at radius 3 is 1.98 bits per heavy atom. The van der Waals surface area contributed by atoms with E-state index < -0.39 is 42.0 Å². The number of Topliss-reactive ketones (excluding diaryl/α,β-unsaturated/α-hetero) is 2. The zero-order valence-electron chi connectivity index (χ0n) is 35.0. The standard InChI is InChI=1S/C42H70N4O8/c1-13-27(6)39(45(10)41(50)32(25(2)3)23-35(48)38(26(4)5)44(8)9)36(53-11)24-37(49)46-20-14-15-33(46)40(54-12)28(7)34(47)22-30(42(51)52)21-29-16-18-31(43)19-17-29/h16-19,25-28,30,32-33,36,38-40H,13-15,20-24,43H2,1-12H3,(H,51,52)/t27?,28?,30-,32+,33?,36?,38?,39?,40?/m1/s1.